The van der Waals surface area contributed by atoms with Gasteiger partial charge < -0.3 is 15.5 Å². The van der Waals surface area contributed by atoms with Crippen molar-refractivity contribution in [2.75, 3.05) is 18.5 Å². The summed E-state index contributed by atoms with van der Waals surface area (Å²) in [7, 11) is 0. The quantitative estimate of drug-likeness (QED) is 0.675. The zero-order valence-corrected chi connectivity index (χ0v) is 8.62. The number of rotatable bonds is 4. The zero-order chi connectivity index (χ0) is 10.6. The molecule has 0 amide bonds. The molecular formula is C11H17NO2. The number of hydrogen-bond donors (Lipinski definition) is 3. The minimum atomic E-state index is -0.659. The largest absolute Gasteiger partial charge is 0.394 e. The van der Waals surface area contributed by atoms with E-state index >= 15 is 0 Å². The maximum absolute atomic E-state index is 9.09. The summed E-state index contributed by atoms with van der Waals surface area (Å²) in [6, 6.07) is 7.83. The van der Waals surface area contributed by atoms with Crippen LogP contribution < -0.4 is 5.32 Å². The molecule has 0 spiro atoms. The van der Waals surface area contributed by atoms with Crippen LogP contribution in [0.3, 0.4) is 0 Å². The summed E-state index contributed by atoms with van der Waals surface area (Å²) in [6.45, 7) is 3.57. The molecule has 0 aliphatic rings. The van der Waals surface area contributed by atoms with Gasteiger partial charge in [0.1, 0.15) is 0 Å². The molecule has 0 saturated heterocycles. The van der Waals surface area contributed by atoms with Crippen LogP contribution in [0.4, 0.5) is 5.69 Å². The highest BCUT2D eigenvalue weighted by atomic mass is 16.3. The number of aliphatic hydroxyl groups excluding tert-OH is 2. The average molecular weight is 195 g/mol. The van der Waals surface area contributed by atoms with Gasteiger partial charge in [-0.25, -0.2) is 0 Å². The molecule has 0 aromatic heterocycles. The van der Waals surface area contributed by atoms with Gasteiger partial charge in [0, 0.05) is 5.69 Å². The second kappa shape index (κ2) is 4.44. The molecule has 1 aromatic rings. The monoisotopic (exact) mass is 195 g/mol. The Labute approximate surface area is 84.4 Å². The summed E-state index contributed by atoms with van der Waals surface area (Å²) in [5.74, 6) is 0. The molecule has 3 heteroatoms. The molecule has 0 heterocycles. The van der Waals surface area contributed by atoms with E-state index in [1.54, 1.807) is 6.92 Å². The number of hydrogen-bond acceptors (Lipinski definition) is 3. The van der Waals surface area contributed by atoms with Crippen LogP contribution >= 0.6 is 0 Å². The molecule has 1 rings (SSSR count). The fourth-order valence-electron chi connectivity index (χ4n) is 1.20. The first-order chi connectivity index (χ1) is 6.59. The molecular weight excluding hydrogens is 178 g/mol. The van der Waals surface area contributed by atoms with E-state index in [-0.39, 0.29) is 13.2 Å². The summed E-state index contributed by atoms with van der Waals surface area (Å²) in [5.41, 5.74) is 1.40. The maximum atomic E-state index is 9.09. The van der Waals surface area contributed by atoms with E-state index in [1.807, 2.05) is 31.2 Å². The predicted octanol–water partition coefficient (Wildman–Crippen LogP) is 1.15. The molecule has 78 valence electrons. The minimum absolute atomic E-state index is 0.0998. The molecule has 14 heavy (non-hydrogen) atoms. The van der Waals surface area contributed by atoms with Crippen LogP contribution in [0.2, 0.25) is 0 Å². The number of aliphatic hydroxyl groups is 2. The lowest BCUT2D eigenvalue weighted by atomic mass is 10.0. The summed E-state index contributed by atoms with van der Waals surface area (Å²) >= 11 is 0. The number of aryl methyl sites for hydroxylation is 1. The van der Waals surface area contributed by atoms with Crippen LogP contribution in [0.1, 0.15) is 12.5 Å². The summed E-state index contributed by atoms with van der Waals surface area (Å²) in [4.78, 5) is 0. The highest BCUT2D eigenvalue weighted by Gasteiger charge is 2.21. The molecule has 0 atom stereocenters. The van der Waals surface area contributed by atoms with E-state index in [0.717, 1.165) is 11.3 Å². The maximum Gasteiger partial charge on any atom is 0.0806 e. The third kappa shape index (κ3) is 2.72. The first-order valence-electron chi connectivity index (χ1n) is 4.66. The fourth-order valence-corrected chi connectivity index (χ4v) is 1.20. The van der Waals surface area contributed by atoms with Crippen molar-refractivity contribution in [3.8, 4) is 0 Å². The Bertz CT molecular complexity index is 295. The predicted molar refractivity (Wildman–Crippen MR) is 57.4 cm³/mol. The van der Waals surface area contributed by atoms with Gasteiger partial charge in [-0.05, 0) is 31.5 Å². The Morgan fingerprint density at radius 3 is 2.43 bits per heavy atom. The van der Waals surface area contributed by atoms with Gasteiger partial charge in [-0.3, -0.25) is 0 Å². The van der Waals surface area contributed by atoms with Crippen LogP contribution in [-0.2, 0) is 0 Å². The Morgan fingerprint density at radius 2 is 1.93 bits per heavy atom. The Kier molecular flexibility index (Phi) is 3.49. The standard InChI is InChI=1S/C11H17NO2/c1-9-4-3-5-10(6-9)12-11(2,7-13)8-14/h3-6,12-14H,7-8H2,1-2H3. The van der Waals surface area contributed by atoms with Crippen molar-refractivity contribution in [1.29, 1.82) is 0 Å². The highest BCUT2D eigenvalue weighted by Crippen LogP contribution is 2.15. The van der Waals surface area contributed by atoms with Crippen LogP contribution in [0.25, 0.3) is 0 Å². The fraction of sp³-hybridized carbons (Fsp3) is 0.455. The second-order valence-electron chi connectivity index (χ2n) is 3.87. The van der Waals surface area contributed by atoms with Gasteiger partial charge in [0.15, 0.2) is 0 Å². The Morgan fingerprint density at radius 1 is 1.29 bits per heavy atom. The topological polar surface area (TPSA) is 52.5 Å². The molecule has 0 aliphatic heterocycles. The van der Waals surface area contributed by atoms with Crippen molar-refractivity contribution in [3.05, 3.63) is 29.8 Å². The summed E-state index contributed by atoms with van der Waals surface area (Å²) < 4.78 is 0. The van der Waals surface area contributed by atoms with Gasteiger partial charge in [0.2, 0.25) is 0 Å². The van der Waals surface area contributed by atoms with E-state index in [0.29, 0.717) is 0 Å². The number of anilines is 1. The van der Waals surface area contributed by atoms with Crippen LogP contribution in [0, 0.1) is 6.92 Å². The molecule has 0 fully saturated rings. The summed E-state index contributed by atoms with van der Waals surface area (Å²) in [6.07, 6.45) is 0. The van der Waals surface area contributed by atoms with Crippen molar-refractivity contribution in [2.24, 2.45) is 0 Å². The van der Waals surface area contributed by atoms with Crippen molar-refractivity contribution in [1.82, 2.24) is 0 Å². The molecule has 0 bridgehead atoms. The van der Waals surface area contributed by atoms with Crippen molar-refractivity contribution in [3.63, 3.8) is 0 Å². The second-order valence-corrected chi connectivity index (χ2v) is 3.87. The average Bonchev–Trinajstić information content (AvgIpc) is 2.18. The van der Waals surface area contributed by atoms with E-state index in [4.69, 9.17) is 10.2 Å². The molecule has 3 N–H and O–H groups in total. The van der Waals surface area contributed by atoms with Crippen LogP contribution in [0.5, 0.6) is 0 Å². The first kappa shape index (κ1) is 11.0. The van der Waals surface area contributed by atoms with Gasteiger partial charge >= 0.3 is 0 Å². The lowest BCUT2D eigenvalue weighted by Crippen LogP contribution is -2.42. The van der Waals surface area contributed by atoms with Crippen LogP contribution in [-0.4, -0.2) is 29.0 Å². The minimum Gasteiger partial charge on any atom is -0.394 e. The molecule has 0 unspecified atom stereocenters. The molecule has 1 aromatic carbocycles. The molecule has 0 saturated carbocycles. The summed E-state index contributed by atoms with van der Waals surface area (Å²) in [5, 5.41) is 21.3. The van der Waals surface area contributed by atoms with E-state index in [2.05, 4.69) is 5.32 Å². The Balaban J connectivity index is 2.77. The van der Waals surface area contributed by atoms with Gasteiger partial charge in [0.25, 0.3) is 0 Å². The third-order valence-corrected chi connectivity index (χ3v) is 2.16. The number of nitrogens with one attached hydrogen (secondary N) is 1. The lowest BCUT2D eigenvalue weighted by molar-refractivity contribution is 0.147. The molecule has 3 nitrogen and oxygen atoms in total. The van der Waals surface area contributed by atoms with Crippen molar-refractivity contribution in [2.45, 2.75) is 19.4 Å². The third-order valence-electron chi connectivity index (χ3n) is 2.16. The lowest BCUT2D eigenvalue weighted by Gasteiger charge is -2.27. The SMILES string of the molecule is Cc1cccc(NC(C)(CO)CO)c1. The zero-order valence-electron chi connectivity index (χ0n) is 8.62. The van der Waals surface area contributed by atoms with E-state index < -0.39 is 5.54 Å². The van der Waals surface area contributed by atoms with E-state index in [9.17, 15) is 0 Å². The molecule has 0 radical (unpaired) electrons. The number of benzene rings is 1. The van der Waals surface area contributed by atoms with Gasteiger partial charge in [-0.1, -0.05) is 12.1 Å². The van der Waals surface area contributed by atoms with Crippen molar-refractivity contribution >= 4 is 5.69 Å². The smallest absolute Gasteiger partial charge is 0.0806 e. The van der Waals surface area contributed by atoms with Gasteiger partial charge in [-0.2, -0.15) is 0 Å². The van der Waals surface area contributed by atoms with Crippen molar-refractivity contribution < 1.29 is 10.2 Å². The van der Waals surface area contributed by atoms with E-state index in [1.165, 1.54) is 0 Å². The van der Waals surface area contributed by atoms with Gasteiger partial charge in [-0.15, -0.1) is 0 Å². The first-order valence-corrected chi connectivity index (χ1v) is 4.66. The normalized spacial score (nSPS) is 11.4. The van der Waals surface area contributed by atoms with Gasteiger partial charge in [0.05, 0.1) is 18.8 Å². The molecule has 0 aliphatic carbocycles. The highest BCUT2D eigenvalue weighted by molar-refractivity contribution is 5.47. The Hall–Kier alpha value is -1.06. The van der Waals surface area contributed by atoms with Crippen LogP contribution in [0.15, 0.2) is 24.3 Å².